The van der Waals surface area contributed by atoms with Crippen LogP contribution in [-0.4, -0.2) is 5.78 Å². The summed E-state index contributed by atoms with van der Waals surface area (Å²) in [5.41, 5.74) is 3.84. The molecule has 0 aliphatic rings. The Bertz CT molecular complexity index is 425. The predicted octanol–water partition coefficient (Wildman–Crippen LogP) is 4.09. The molecule has 0 heterocycles. The highest BCUT2D eigenvalue weighted by Gasteiger charge is 2.11. The van der Waals surface area contributed by atoms with Gasteiger partial charge in [-0.15, -0.1) is 0 Å². The molecule has 0 spiro atoms. The number of carbonyl (C=O) groups excluding carboxylic acids is 1. The summed E-state index contributed by atoms with van der Waals surface area (Å²) >= 11 is 0. The van der Waals surface area contributed by atoms with Crippen LogP contribution in [0.1, 0.15) is 42.3 Å². The standard InChI is InChI=1S/C15H20O/c1-10(2)8-13(5)15(16)14-9-11(3)6-7-12(14)4/h6-10H,1-5H3/b13-8-. The summed E-state index contributed by atoms with van der Waals surface area (Å²) in [5, 5.41) is 0. The monoisotopic (exact) mass is 216 g/mol. The van der Waals surface area contributed by atoms with Crippen LogP contribution in [0.15, 0.2) is 29.8 Å². The smallest absolute Gasteiger partial charge is 0.188 e. The molecule has 1 nitrogen and oxygen atoms in total. The van der Waals surface area contributed by atoms with Gasteiger partial charge in [-0.25, -0.2) is 0 Å². The number of benzene rings is 1. The molecule has 0 N–H and O–H groups in total. The van der Waals surface area contributed by atoms with Crippen LogP contribution < -0.4 is 0 Å². The van der Waals surface area contributed by atoms with E-state index in [0.717, 1.165) is 22.3 Å². The van der Waals surface area contributed by atoms with Crippen LogP contribution in [0, 0.1) is 19.8 Å². The third kappa shape index (κ3) is 3.06. The Balaban J connectivity index is 3.10. The number of aryl methyl sites for hydroxylation is 2. The summed E-state index contributed by atoms with van der Waals surface area (Å²) in [5.74, 6) is 0.559. The van der Waals surface area contributed by atoms with Crippen LogP contribution in [0.3, 0.4) is 0 Å². The van der Waals surface area contributed by atoms with Gasteiger partial charge in [0.15, 0.2) is 5.78 Å². The molecule has 0 aliphatic heterocycles. The van der Waals surface area contributed by atoms with Crippen LogP contribution in [0.5, 0.6) is 0 Å². The van der Waals surface area contributed by atoms with Crippen LogP contribution >= 0.6 is 0 Å². The highest BCUT2D eigenvalue weighted by Crippen LogP contribution is 2.16. The Kier molecular flexibility index (Phi) is 4.05. The summed E-state index contributed by atoms with van der Waals surface area (Å²) in [7, 11) is 0. The van der Waals surface area contributed by atoms with Crippen molar-refractivity contribution in [3.63, 3.8) is 0 Å². The molecule has 0 bridgehead atoms. The van der Waals surface area contributed by atoms with Crippen LogP contribution in [0.25, 0.3) is 0 Å². The summed E-state index contributed by atoms with van der Waals surface area (Å²) in [6.07, 6.45) is 2.02. The van der Waals surface area contributed by atoms with Crippen molar-refractivity contribution in [3.8, 4) is 0 Å². The SMILES string of the molecule is C/C(=C/C(C)C)C(=O)c1cc(C)ccc1C. The lowest BCUT2D eigenvalue weighted by atomic mass is 9.96. The second-order valence-corrected chi connectivity index (χ2v) is 4.74. The molecule has 1 rings (SSSR count). The van der Waals surface area contributed by atoms with Gasteiger partial charge in [0.2, 0.25) is 0 Å². The van der Waals surface area contributed by atoms with Gasteiger partial charge < -0.3 is 0 Å². The van der Waals surface area contributed by atoms with Crippen molar-refractivity contribution in [1.82, 2.24) is 0 Å². The van der Waals surface area contributed by atoms with E-state index in [1.165, 1.54) is 0 Å². The van der Waals surface area contributed by atoms with Gasteiger partial charge in [0.05, 0.1) is 0 Å². The van der Waals surface area contributed by atoms with Gasteiger partial charge in [0.1, 0.15) is 0 Å². The van der Waals surface area contributed by atoms with E-state index < -0.39 is 0 Å². The summed E-state index contributed by atoms with van der Waals surface area (Å²) < 4.78 is 0. The first-order valence-corrected chi connectivity index (χ1v) is 5.72. The van der Waals surface area contributed by atoms with Crippen molar-refractivity contribution in [2.75, 3.05) is 0 Å². The quantitative estimate of drug-likeness (QED) is 0.549. The first-order chi connectivity index (χ1) is 7.41. The normalized spacial score (nSPS) is 12.0. The third-order valence-corrected chi connectivity index (χ3v) is 2.58. The molecule has 0 atom stereocenters. The molecule has 0 fully saturated rings. The van der Waals surface area contributed by atoms with Crippen molar-refractivity contribution in [1.29, 1.82) is 0 Å². The van der Waals surface area contributed by atoms with Gasteiger partial charge in [-0.3, -0.25) is 4.79 Å². The lowest BCUT2D eigenvalue weighted by Gasteiger charge is -2.07. The van der Waals surface area contributed by atoms with E-state index in [1.807, 2.05) is 45.0 Å². The first kappa shape index (κ1) is 12.7. The highest BCUT2D eigenvalue weighted by molar-refractivity contribution is 6.09. The molecule has 86 valence electrons. The number of carbonyl (C=O) groups is 1. The number of Topliss-reactive ketones (excluding diaryl/α,β-unsaturated/α-hetero) is 1. The summed E-state index contributed by atoms with van der Waals surface area (Å²) in [6, 6.07) is 6.01. The van der Waals surface area contributed by atoms with Gasteiger partial charge >= 0.3 is 0 Å². The maximum atomic E-state index is 12.2. The number of hydrogen-bond acceptors (Lipinski definition) is 1. The molecule has 1 aromatic rings. The number of ketones is 1. The second-order valence-electron chi connectivity index (χ2n) is 4.74. The number of rotatable bonds is 3. The van der Waals surface area contributed by atoms with E-state index in [-0.39, 0.29) is 5.78 Å². The van der Waals surface area contributed by atoms with Gasteiger partial charge in [-0.1, -0.05) is 37.6 Å². The molecule has 0 unspecified atom stereocenters. The van der Waals surface area contributed by atoms with Gasteiger partial charge in [-0.05, 0) is 43.9 Å². The third-order valence-electron chi connectivity index (χ3n) is 2.58. The van der Waals surface area contributed by atoms with Crippen LogP contribution in [0.4, 0.5) is 0 Å². The summed E-state index contributed by atoms with van der Waals surface area (Å²) in [6.45, 7) is 10.1. The topological polar surface area (TPSA) is 17.1 Å². The Morgan fingerprint density at radius 1 is 1.25 bits per heavy atom. The van der Waals surface area contributed by atoms with Gasteiger partial charge in [0.25, 0.3) is 0 Å². The Morgan fingerprint density at radius 2 is 1.88 bits per heavy atom. The van der Waals surface area contributed by atoms with E-state index in [4.69, 9.17) is 0 Å². The van der Waals surface area contributed by atoms with E-state index in [9.17, 15) is 4.79 Å². The molecule has 0 amide bonds. The van der Waals surface area contributed by atoms with Gasteiger partial charge in [-0.2, -0.15) is 0 Å². The maximum absolute atomic E-state index is 12.2. The minimum atomic E-state index is 0.148. The lowest BCUT2D eigenvalue weighted by molar-refractivity contribution is 0.103. The minimum Gasteiger partial charge on any atom is -0.289 e. The van der Waals surface area contributed by atoms with Gasteiger partial charge in [0, 0.05) is 5.56 Å². The molecule has 1 heteroatoms. The van der Waals surface area contributed by atoms with Crippen molar-refractivity contribution >= 4 is 5.78 Å². The van der Waals surface area contributed by atoms with E-state index in [2.05, 4.69) is 13.8 Å². The largest absolute Gasteiger partial charge is 0.289 e. The molecule has 0 radical (unpaired) electrons. The van der Waals surface area contributed by atoms with Crippen molar-refractivity contribution in [2.24, 2.45) is 5.92 Å². The van der Waals surface area contributed by atoms with Crippen LogP contribution in [-0.2, 0) is 0 Å². The zero-order valence-electron chi connectivity index (χ0n) is 10.8. The van der Waals surface area contributed by atoms with Crippen LogP contribution in [0.2, 0.25) is 0 Å². The zero-order chi connectivity index (χ0) is 12.3. The predicted molar refractivity (Wildman–Crippen MR) is 68.8 cm³/mol. The zero-order valence-corrected chi connectivity index (χ0v) is 10.8. The Morgan fingerprint density at radius 3 is 2.44 bits per heavy atom. The minimum absolute atomic E-state index is 0.148. The molecule has 16 heavy (non-hydrogen) atoms. The van der Waals surface area contributed by atoms with E-state index in [1.54, 1.807) is 0 Å². The molecule has 1 aromatic carbocycles. The average molecular weight is 216 g/mol. The maximum Gasteiger partial charge on any atom is 0.188 e. The number of hydrogen-bond donors (Lipinski definition) is 0. The molecule has 0 aliphatic carbocycles. The Labute approximate surface area is 98.2 Å². The van der Waals surface area contributed by atoms with Crippen molar-refractivity contribution in [2.45, 2.75) is 34.6 Å². The molecule has 0 saturated carbocycles. The molecular formula is C15H20O. The highest BCUT2D eigenvalue weighted by atomic mass is 16.1. The molecule has 0 saturated heterocycles. The van der Waals surface area contributed by atoms with Crippen molar-refractivity contribution < 1.29 is 4.79 Å². The molecular weight excluding hydrogens is 196 g/mol. The van der Waals surface area contributed by atoms with Crippen molar-refractivity contribution in [3.05, 3.63) is 46.5 Å². The Hall–Kier alpha value is -1.37. The van der Waals surface area contributed by atoms with E-state index in [0.29, 0.717) is 5.92 Å². The fourth-order valence-electron chi connectivity index (χ4n) is 1.77. The molecule has 0 aromatic heterocycles. The fraction of sp³-hybridized carbons (Fsp3) is 0.400. The second kappa shape index (κ2) is 5.11. The first-order valence-electron chi connectivity index (χ1n) is 5.72. The lowest BCUT2D eigenvalue weighted by Crippen LogP contribution is -2.04. The average Bonchev–Trinajstić information content (AvgIpc) is 2.19. The number of allylic oxidation sites excluding steroid dienone is 2. The van der Waals surface area contributed by atoms with E-state index >= 15 is 0 Å². The summed E-state index contributed by atoms with van der Waals surface area (Å²) in [4.78, 5) is 12.2. The fourth-order valence-corrected chi connectivity index (χ4v) is 1.77.